The molecular weight excluding hydrogens is 290 g/mol. The Balaban J connectivity index is 1.67. The summed E-state index contributed by atoms with van der Waals surface area (Å²) in [5.41, 5.74) is 3.12. The second-order valence-corrected chi connectivity index (χ2v) is 4.92. The molecule has 0 atom stereocenters. The highest BCUT2D eigenvalue weighted by Crippen LogP contribution is 2.18. The Kier molecular flexibility index (Phi) is 4.24. The molecule has 2 N–H and O–H groups in total. The van der Waals surface area contributed by atoms with Gasteiger partial charge in [0, 0.05) is 29.3 Å². The molecule has 6 heteroatoms. The van der Waals surface area contributed by atoms with Gasteiger partial charge in [-0.25, -0.2) is 14.8 Å². The van der Waals surface area contributed by atoms with E-state index in [1.54, 1.807) is 30.7 Å². The van der Waals surface area contributed by atoms with E-state index in [1.807, 2.05) is 37.3 Å². The number of pyridine rings is 1. The van der Waals surface area contributed by atoms with E-state index in [4.69, 9.17) is 0 Å². The maximum absolute atomic E-state index is 11.9. The van der Waals surface area contributed by atoms with Crippen LogP contribution in [0.3, 0.4) is 0 Å². The number of carbonyl (C=O) groups excluding carboxylic acids is 1. The monoisotopic (exact) mass is 305 g/mol. The lowest BCUT2D eigenvalue weighted by molar-refractivity contribution is 0.262. The molecule has 2 heterocycles. The molecule has 0 fully saturated rings. The number of hydrogen-bond acceptors (Lipinski definition) is 4. The van der Waals surface area contributed by atoms with Gasteiger partial charge >= 0.3 is 6.03 Å². The number of aryl methyl sites for hydroxylation is 1. The first kappa shape index (κ1) is 14.6. The number of carbonyl (C=O) groups is 1. The number of nitrogens with zero attached hydrogens (tertiary/aromatic N) is 3. The maximum Gasteiger partial charge on any atom is 0.323 e. The minimum atomic E-state index is -0.322. The first-order chi connectivity index (χ1) is 11.2. The molecule has 0 saturated carbocycles. The van der Waals surface area contributed by atoms with Crippen molar-refractivity contribution in [1.82, 2.24) is 15.0 Å². The highest BCUT2D eigenvalue weighted by atomic mass is 16.2. The lowest BCUT2D eigenvalue weighted by Gasteiger charge is -2.08. The summed E-state index contributed by atoms with van der Waals surface area (Å²) in [5, 5.41) is 5.47. The number of aromatic nitrogens is 3. The fraction of sp³-hybridized carbons (Fsp3) is 0.0588. The van der Waals surface area contributed by atoms with E-state index in [1.165, 1.54) is 0 Å². The third-order valence-corrected chi connectivity index (χ3v) is 3.12. The Morgan fingerprint density at radius 3 is 2.43 bits per heavy atom. The van der Waals surface area contributed by atoms with Crippen molar-refractivity contribution in [3.05, 3.63) is 66.7 Å². The van der Waals surface area contributed by atoms with Crippen LogP contribution in [0.4, 0.5) is 16.2 Å². The number of rotatable bonds is 3. The SMILES string of the molecule is Cc1ccnc(-c2ccc(NC(=O)Nc3cccnc3)cc2)n1. The summed E-state index contributed by atoms with van der Waals surface area (Å²) in [6.07, 6.45) is 4.96. The van der Waals surface area contributed by atoms with Gasteiger partial charge in [0.1, 0.15) is 0 Å². The molecule has 23 heavy (non-hydrogen) atoms. The Labute approximate surface area is 133 Å². The number of hydrogen-bond donors (Lipinski definition) is 2. The first-order valence-corrected chi connectivity index (χ1v) is 7.09. The van der Waals surface area contributed by atoms with Gasteiger partial charge in [0.25, 0.3) is 0 Å². The van der Waals surface area contributed by atoms with Gasteiger partial charge in [-0.2, -0.15) is 0 Å². The highest BCUT2D eigenvalue weighted by molar-refractivity contribution is 5.99. The van der Waals surface area contributed by atoms with Crippen molar-refractivity contribution in [2.24, 2.45) is 0 Å². The smallest absolute Gasteiger partial charge is 0.308 e. The molecule has 1 aromatic carbocycles. The van der Waals surface area contributed by atoms with E-state index >= 15 is 0 Å². The molecule has 0 saturated heterocycles. The topological polar surface area (TPSA) is 79.8 Å². The summed E-state index contributed by atoms with van der Waals surface area (Å²) in [5.74, 6) is 0.663. The maximum atomic E-state index is 11.9. The summed E-state index contributed by atoms with van der Waals surface area (Å²) in [4.78, 5) is 24.5. The average Bonchev–Trinajstić information content (AvgIpc) is 2.56. The molecule has 0 unspecified atom stereocenters. The minimum Gasteiger partial charge on any atom is -0.308 e. The molecule has 0 spiro atoms. The van der Waals surface area contributed by atoms with Gasteiger partial charge in [-0.15, -0.1) is 0 Å². The lowest BCUT2D eigenvalue weighted by Crippen LogP contribution is -2.19. The number of benzene rings is 1. The number of nitrogens with one attached hydrogen (secondary N) is 2. The zero-order valence-corrected chi connectivity index (χ0v) is 12.5. The van der Waals surface area contributed by atoms with E-state index in [-0.39, 0.29) is 6.03 Å². The van der Waals surface area contributed by atoms with Gasteiger partial charge in [0.2, 0.25) is 0 Å². The van der Waals surface area contributed by atoms with Crippen LogP contribution in [-0.4, -0.2) is 21.0 Å². The van der Waals surface area contributed by atoms with Gasteiger partial charge in [-0.1, -0.05) is 0 Å². The Bertz CT molecular complexity index is 803. The Hall–Kier alpha value is -3.28. The molecule has 0 aliphatic carbocycles. The van der Waals surface area contributed by atoms with E-state index in [0.717, 1.165) is 11.3 Å². The summed E-state index contributed by atoms with van der Waals surface area (Å²) in [6.45, 7) is 1.92. The van der Waals surface area contributed by atoms with Crippen molar-refractivity contribution in [3.8, 4) is 11.4 Å². The standard InChI is InChI=1S/C17H15N5O/c1-12-8-10-19-16(20-12)13-4-6-14(7-5-13)21-17(23)22-15-3-2-9-18-11-15/h2-11H,1H3,(H2,21,22,23). The van der Waals surface area contributed by atoms with Crippen LogP contribution in [0.15, 0.2) is 61.1 Å². The van der Waals surface area contributed by atoms with Crippen LogP contribution < -0.4 is 10.6 Å². The van der Waals surface area contributed by atoms with Crippen LogP contribution >= 0.6 is 0 Å². The van der Waals surface area contributed by atoms with E-state index in [0.29, 0.717) is 17.2 Å². The minimum absolute atomic E-state index is 0.322. The van der Waals surface area contributed by atoms with Crippen LogP contribution in [0.1, 0.15) is 5.69 Å². The van der Waals surface area contributed by atoms with Crippen LogP contribution in [0.5, 0.6) is 0 Å². The third-order valence-electron chi connectivity index (χ3n) is 3.12. The van der Waals surface area contributed by atoms with Crippen molar-refractivity contribution >= 4 is 17.4 Å². The molecule has 3 aromatic rings. The summed E-state index contributed by atoms with van der Waals surface area (Å²) in [6, 6.07) is 12.4. The van der Waals surface area contributed by atoms with Crippen molar-refractivity contribution in [1.29, 1.82) is 0 Å². The van der Waals surface area contributed by atoms with Crippen LogP contribution in [-0.2, 0) is 0 Å². The molecule has 3 rings (SSSR count). The quantitative estimate of drug-likeness (QED) is 0.776. The normalized spacial score (nSPS) is 10.1. The van der Waals surface area contributed by atoms with Crippen LogP contribution in [0, 0.1) is 6.92 Å². The van der Waals surface area contributed by atoms with Gasteiger partial charge in [0.15, 0.2) is 5.82 Å². The summed E-state index contributed by atoms with van der Waals surface area (Å²) in [7, 11) is 0. The largest absolute Gasteiger partial charge is 0.323 e. The van der Waals surface area contributed by atoms with E-state index < -0.39 is 0 Å². The molecule has 6 nitrogen and oxygen atoms in total. The summed E-state index contributed by atoms with van der Waals surface area (Å²) < 4.78 is 0. The molecule has 0 radical (unpaired) electrons. The Morgan fingerprint density at radius 2 is 1.74 bits per heavy atom. The molecule has 0 bridgehead atoms. The second kappa shape index (κ2) is 6.65. The van der Waals surface area contributed by atoms with E-state index in [2.05, 4.69) is 25.6 Å². The van der Waals surface area contributed by atoms with Crippen molar-refractivity contribution in [2.75, 3.05) is 10.6 Å². The fourth-order valence-electron chi connectivity index (χ4n) is 2.02. The zero-order valence-electron chi connectivity index (χ0n) is 12.5. The van der Waals surface area contributed by atoms with E-state index in [9.17, 15) is 4.79 Å². The van der Waals surface area contributed by atoms with Gasteiger partial charge in [-0.3, -0.25) is 4.98 Å². The van der Waals surface area contributed by atoms with Gasteiger partial charge in [-0.05, 0) is 49.4 Å². The van der Waals surface area contributed by atoms with Crippen molar-refractivity contribution in [3.63, 3.8) is 0 Å². The number of urea groups is 1. The lowest BCUT2D eigenvalue weighted by atomic mass is 10.2. The van der Waals surface area contributed by atoms with Gasteiger partial charge < -0.3 is 10.6 Å². The molecule has 114 valence electrons. The van der Waals surface area contributed by atoms with Crippen LogP contribution in [0.25, 0.3) is 11.4 Å². The molecule has 0 aliphatic rings. The van der Waals surface area contributed by atoms with Crippen molar-refractivity contribution < 1.29 is 4.79 Å². The predicted octanol–water partition coefficient (Wildman–Crippen LogP) is 3.49. The molecule has 0 aliphatic heterocycles. The summed E-state index contributed by atoms with van der Waals surface area (Å²) >= 11 is 0. The number of anilines is 2. The molecular formula is C17H15N5O. The second-order valence-electron chi connectivity index (χ2n) is 4.92. The Morgan fingerprint density at radius 1 is 0.957 bits per heavy atom. The average molecular weight is 305 g/mol. The zero-order chi connectivity index (χ0) is 16.1. The number of amides is 2. The van der Waals surface area contributed by atoms with Crippen LogP contribution in [0.2, 0.25) is 0 Å². The fourth-order valence-corrected chi connectivity index (χ4v) is 2.02. The van der Waals surface area contributed by atoms with Gasteiger partial charge in [0.05, 0.1) is 11.9 Å². The first-order valence-electron chi connectivity index (χ1n) is 7.09. The third kappa shape index (κ3) is 3.88. The predicted molar refractivity (Wildman–Crippen MR) is 89.1 cm³/mol. The molecule has 2 amide bonds. The van der Waals surface area contributed by atoms with Crippen molar-refractivity contribution in [2.45, 2.75) is 6.92 Å². The highest BCUT2D eigenvalue weighted by Gasteiger charge is 2.04. The molecule has 2 aromatic heterocycles.